The fraction of sp³-hybridized carbons (Fsp3) is 0.0714. The summed E-state index contributed by atoms with van der Waals surface area (Å²) in [4.78, 5) is 0. The van der Waals surface area contributed by atoms with Crippen LogP contribution in [0.2, 0.25) is 5.02 Å². The summed E-state index contributed by atoms with van der Waals surface area (Å²) >= 11 is 9.81. The minimum atomic E-state index is 0.540. The van der Waals surface area contributed by atoms with Gasteiger partial charge < -0.3 is 5.73 Å². The molecule has 2 aromatic carbocycles. The highest BCUT2D eigenvalue weighted by Crippen LogP contribution is 2.31. The number of anilines is 1. The topological polar surface area (TPSA) is 69.6 Å². The van der Waals surface area contributed by atoms with Crippen molar-refractivity contribution in [1.29, 1.82) is 0 Å². The first-order valence-corrected chi connectivity index (χ1v) is 7.34. The monoisotopic (exact) mass is 363 g/mol. The molecule has 21 heavy (non-hydrogen) atoms. The summed E-state index contributed by atoms with van der Waals surface area (Å²) in [5.41, 5.74) is 9.06. The molecule has 0 saturated carbocycles. The lowest BCUT2D eigenvalue weighted by molar-refractivity contribution is 0.788. The van der Waals surface area contributed by atoms with Crippen molar-refractivity contribution < 1.29 is 0 Å². The average Bonchev–Trinajstić information content (AvgIpc) is 2.93. The van der Waals surface area contributed by atoms with Crippen molar-refractivity contribution in [3.05, 3.63) is 51.5 Å². The van der Waals surface area contributed by atoms with Gasteiger partial charge in [-0.15, -0.1) is 5.10 Å². The van der Waals surface area contributed by atoms with Gasteiger partial charge in [-0.2, -0.15) is 4.68 Å². The molecule has 0 saturated heterocycles. The number of nitrogens with zero attached hydrogens (tertiary/aromatic N) is 4. The first-order chi connectivity index (χ1) is 10.1. The number of rotatable bonds is 2. The molecule has 0 amide bonds. The summed E-state index contributed by atoms with van der Waals surface area (Å²) in [6.45, 7) is 2.01. The zero-order chi connectivity index (χ0) is 15.0. The van der Waals surface area contributed by atoms with E-state index < -0.39 is 0 Å². The molecule has 0 bridgehead atoms. The van der Waals surface area contributed by atoms with E-state index in [1.54, 1.807) is 22.9 Å². The number of nitrogens with two attached hydrogens (primary N) is 1. The molecule has 7 heteroatoms. The zero-order valence-corrected chi connectivity index (χ0v) is 13.4. The van der Waals surface area contributed by atoms with Crippen LogP contribution >= 0.6 is 27.5 Å². The minimum absolute atomic E-state index is 0.540. The highest BCUT2D eigenvalue weighted by molar-refractivity contribution is 9.10. The van der Waals surface area contributed by atoms with Gasteiger partial charge in [-0.3, -0.25) is 0 Å². The Labute approximate surface area is 134 Å². The van der Waals surface area contributed by atoms with Crippen LogP contribution in [-0.2, 0) is 0 Å². The van der Waals surface area contributed by atoms with Gasteiger partial charge in [0.25, 0.3) is 0 Å². The molecule has 0 unspecified atom stereocenters. The van der Waals surface area contributed by atoms with Crippen LogP contribution in [0.5, 0.6) is 0 Å². The number of halogens is 2. The second-order valence-corrected chi connectivity index (χ2v) is 5.76. The van der Waals surface area contributed by atoms with E-state index >= 15 is 0 Å². The van der Waals surface area contributed by atoms with Gasteiger partial charge in [-0.05, 0) is 63.1 Å². The Hall–Kier alpha value is -1.92. The maximum atomic E-state index is 6.24. The molecule has 0 radical (unpaired) electrons. The molecule has 0 aliphatic heterocycles. The average molecular weight is 365 g/mol. The third-order valence-corrected chi connectivity index (χ3v) is 4.46. The van der Waals surface area contributed by atoms with Crippen LogP contribution in [0.25, 0.3) is 17.1 Å². The van der Waals surface area contributed by atoms with Crippen molar-refractivity contribution in [2.24, 2.45) is 0 Å². The summed E-state index contributed by atoms with van der Waals surface area (Å²) in [7, 11) is 0. The van der Waals surface area contributed by atoms with E-state index in [0.717, 1.165) is 15.7 Å². The van der Waals surface area contributed by atoms with Crippen molar-refractivity contribution in [1.82, 2.24) is 20.2 Å². The number of hydrogen-bond acceptors (Lipinski definition) is 4. The second kappa shape index (κ2) is 5.46. The lowest BCUT2D eigenvalue weighted by atomic mass is 10.1. The molecular formula is C14H11BrClN5. The summed E-state index contributed by atoms with van der Waals surface area (Å²) < 4.78 is 2.57. The smallest absolute Gasteiger partial charge is 0.188 e. The van der Waals surface area contributed by atoms with Gasteiger partial charge >= 0.3 is 0 Å². The number of benzene rings is 2. The van der Waals surface area contributed by atoms with Crippen LogP contribution in [-0.4, -0.2) is 20.2 Å². The molecule has 1 heterocycles. The fourth-order valence-electron chi connectivity index (χ4n) is 2.03. The van der Waals surface area contributed by atoms with Crippen LogP contribution in [0.1, 0.15) is 5.56 Å². The highest BCUT2D eigenvalue weighted by atomic mass is 79.9. The number of nitrogen functional groups attached to an aromatic ring is 1. The Morgan fingerprint density at radius 3 is 2.86 bits per heavy atom. The van der Waals surface area contributed by atoms with E-state index in [0.29, 0.717) is 22.1 Å². The number of aryl methyl sites for hydroxylation is 1. The molecule has 0 aliphatic carbocycles. The van der Waals surface area contributed by atoms with Crippen molar-refractivity contribution >= 4 is 33.2 Å². The molecular weight excluding hydrogens is 354 g/mol. The lowest BCUT2D eigenvalue weighted by Gasteiger charge is -2.10. The van der Waals surface area contributed by atoms with E-state index in [2.05, 4.69) is 31.5 Å². The molecule has 2 N–H and O–H groups in total. The van der Waals surface area contributed by atoms with Crippen LogP contribution in [0.3, 0.4) is 0 Å². The van der Waals surface area contributed by atoms with E-state index in [4.69, 9.17) is 17.3 Å². The van der Waals surface area contributed by atoms with Crippen LogP contribution in [0, 0.1) is 6.92 Å². The van der Waals surface area contributed by atoms with E-state index in [1.807, 2.05) is 25.1 Å². The van der Waals surface area contributed by atoms with Crippen LogP contribution in [0.15, 0.2) is 40.9 Å². The highest BCUT2D eigenvalue weighted by Gasteiger charge is 2.16. The molecule has 0 fully saturated rings. The normalized spacial score (nSPS) is 10.8. The standard InChI is InChI=1S/C14H11BrClN5/c1-8-3-2-4-12(13(8)15)21-14(18-19-20-21)10-7-9(17)5-6-11(10)16/h2-7H,17H2,1H3. The minimum Gasteiger partial charge on any atom is -0.399 e. The van der Waals surface area contributed by atoms with Gasteiger partial charge in [0, 0.05) is 15.7 Å². The van der Waals surface area contributed by atoms with Gasteiger partial charge in [0.1, 0.15) is 0 Å². The summed E-state index contributed by atoms with van der Waals surface area (Å²) in [6.07, 6.45) is 0. The van der Waals surface area contributed by atoms with Gasteiger partial charge in [0.15, 0.2) is 5.82 Å². The Bertz CT molecular complexity index is 798. The molecule has 0 spiro atoms. The maximum Gasteiger partial charge on any atom is 0.188 e. The first kappa shape index (κ1) is 14.0. The second-order valence-electron chi connectivity index (χ2n) is 4.56. The molecule has 5 nitrogen and oxygen atoms in total. The fourth-order valence-corrected chi connectivity index (χ4v) is 2.66. The van der Waals surface area contributed by atoms with Gasteiger partial charge in [-0.1, -0.05) is 23.7 Å². The summed E-state index contributed by atoms with van der Waals surface area (Å²) in [6, 6.07) is 11.1. The molecule has 106 valence electrons. The van der Waals surface area contributed by atoms with Crippen LogP contribution < -0.4 is 5.73 Å². The molecule has 3 rings (SSSR count). The van der Waals surface area contributed by atoms with E-state index in [9.17, 15) is 0 Å². The molecule has 3 aromatic rings. The van der Waals surface area contributed by atoms with Crippen molar-refractivity contribution in [2.75, 3.05) is 5.73 Å². The third-order valence-electron chi connectivity index (χ3n) is 3.10. The Morgan fingerprint density at radius 1 is 1.24 bits per heavy atom. The van der Waals surface area contributed by atoms with Gasteiger partial charge in [0.2, 0.25) is 0 Å². The van der Waals surface area contributed by atoms with E-state index in [-0.39, 0.29) is 0 Å². The Balaban J connectivity index is 2.22. The Morgan fingerprint density at radius 2 is 2.05 bits per heavy atom. The van der Waals surface area contributed by atoms with Crippen molar-refractivity contribution in [2.45, 2.75) is 6.92 Å². The summed E-state index contributed by atoms with van der Waals surface area (Å²) in [5, 5.41) is 12.4. The molecule has 0 aliphatic rings. The SMILES string of the molecule is Cc1cccc(-n2nnnc2-c2cc(N)ccc2Cl)c1Br. The zero-order valence-electron chi connectivity index (χ0n) is 11.1. The van der Waals surface area contributed by atoms with E-state index in [1.165, 1.54) is 0 Å². The quantitative estimate of drug-likeness (QED) is 0.705. The maximum absolute atomic E-state index is 6.24. The number of tetrazole rings is 1. The van der Waals surface area contributed by atoms with Crippen LogP contribution in [0.4, 0.5) is 5.69 Å². The molecule has 0 atom stereocenters. The largest absolute Gasteiger partial charge is 0.399 e. The molecule has 1 aromatic heterocycles. The predicted octanol–water partition coefficient (Wildman–Crippen LogP) is 3.64. The number of hydrogen-bond donors (Lipinski definition) is 1. The van der Waals surface area contributed by atoms with Crippen molar-refractivity contribution in [3.8, 4) is 17.1 Å². The first-order valence-electron chi connectivity index (χ1n) is 6.17. The van der Waals surface area contributed by atoms with Gasteiger partial charge in [-0.25, -0.2) is 0 Å². The van der Waals surface area contributed by atoms with Crippen molar-refractivity contribution in [3.63, 3.8) is 0 Å². The third kappa shape index (κ3) is 2.52. The summed E-state index contributed by atoms with van der Waals surface area (Å²) in [5.74, 6) is 0.540. The number of aromatic nitrogens is 4. The predicted molar refractivity (Wildman–Crippen MR) is 86.4 cm³/mol. The lowest BCUT2D eigenvalue weighted by Crippen LogP contribution is -2.02. The Kier molecular flexibility index (Phi) is 3.65. The van der Waals surface area contributed by atoms with Gasteiger partial charge in [0.05, 0.1) is 10.7 Å².